The van der Waals surface area contributed by atoms with Crippen molar-refractivity contribution in [3.8, 4) is 5.75 Å². The molecule has 138 valence electrons. The van der Waals surface area contributed by atoms with Gasteiger partial charge in [-0.2, -0.15) is 0 Å². The van der Waals surface area contributed by atoms with Crippen molar-refractivity contribution in [2.75, 3.05) is 11.9 Å². The van der Waals surface area contributed by atoms with Crippen LogP contribution in [0.25, 0.3) is 0 Å². The van der Waals surface area contributed by atoms with Crippen LogP contribution < -0.4 is 10.1 Å². The van der Waals surface area contributed by atoms with E-state index in [1.54, 1.807) is 31.2 Å². The van der Waals surface area contributed by atoms with Gasteiger partial charge in [0.2, 0.25) is 0 Å². The van der Waals surface area contributed by atoms with E-state index in [4.69, 9.17) is 9.47 Å². The molecule has 0 unspecified atom stereocenters. The van der Waals surface area contributed by atoms with Crippen molar-refractivity contribution in [1.29, 1.82) is 0 Å². The molecule has 0 heterocycles. The number of esters is 1. The molecule has 0 saturated heterocycles. The first-order valence-electron chi connectivity index (χ1n) is 8.76. The number of carbonyl (C=O) groups excluding carboxylic acids is 2. The van der Waals surface area contributed by atoms with Gasteiger partial charge in [0.1, 0.15) is 5.75 Å². The number of benzene rings is 2. The molecule has 0 bridgehead atoms. The van der Waals surface area contributed by atoms with Crippen molar-refractivity contribution in [2.24, 2.45) is 0 Å². The third kappa shape index (κ3) is 5.09. The van der Waals surface area contributed by atoms with Gasteiger partial charge in [-0.3, -0.25) is 4.79 Å². The number of aryl methyl sites for hydroxylation is 2. The molecule has 0 fully saturated rings. The van der Waals surface area contributed by atoms with Crippen LogP contribution in [-0.2, 0) is 9.53 Å². The molecule has 2 aromatic rings. The molecular weight excluding hydrogens is 330 g/mol. The maximum absolute atomic E-state index is 12.6. The highest BCUT2D eigenvalue weighted by molar-refractivity contribution is 5.96. The zero-order valence-corrected chi connectivity index (χ0v) is 15.7. The molecule has 1 atom stereocenters. The Kier molecular flexibility index (Phi) is 6.78. The van der Waals surface area contributed by atoms with E-state index in [1.807, 2.05) is 39.0 Å². The molecule has 5 heteroatoms. The average molecular weight is 355 g/mol. The number of hydrogen-bond donors (Lipinski definition) is 1. The van der Waals surface area contributed by atoms with Gasteiger partial charge in [-0.15, -0.1) is 0 Å². The van der Waals surface area contributed by atoms with Crippen LogP contribution in [0, 0.1) is 13.8 Å². The monoisotopic (exact) mass is 355 g/mol. The Hall–Kier alpha value is -2.82. The van der Waals surface area contributed by atoms with Crippen molar-refractivity contribution in [3.63, 3.8) is 0 Å². The van der Waals surface area contributed by atoms with E-state index in [-0.39, 0.29) is 5.91 Å². The fraction of sp³-hybridized carbons (Fsp3) is 0.333. The minimum absolute atomic E-state index is 0.258. The predicted molar refractivity (Wildman–Crippen MR) is 102 cm³/mol. The van der Waals surface area contributed by atoms with Gasteiger partial charge in [0, 0.05) is 5.69 Å². The SMILES string of the molecule is CCOC(=O)c1cccc(NC(=O)[C@H](CC)Oc2ccc(C)c(C)c2)c1. The second-order valence-corrected chi connectivity index (χ2v) is 6.05. The van der Waals surface area contributed by atoms with Crippen molar-refractivity contribution >= 4 is 17.6 Å². The summed E-state index contributed by atoms with van der Waals surface area (Å²) in [4.78, 5) is 24.4. The molecule has 1 amide bonds. The standard InChI is InChI=1S/C21H25NO4/c1-5-19(26-18-11-10-14(3)15(4)12-18)20(23)22-17-9-7-8-16(13-17)21(24)25-6-2/h7-13,19H,5-6H2,1-4H3,(H,22,23)/t19-/m0/s1. The van der Waals surface area contributed by atoms with Crippen molar-refractivity contribution in [1.82, 2.24) is 0 Å². The fourth-order valence-corrected chi connectivity index (χ4v) is 2.43. The van der Waals surface area contributed by atoms with Gasteiger partial charge in [-0.1, -0.05) is 19.1 Å². The summed E-state index contributed by atoms with van der Waals surface area (Å²) in [6, 6.07) is 12.4. The Morgan fingerprint density at radius 1 is 1.04 bits per heavy atom. The van der Waals surface area contributed by atoms with Crippen LogP contribution in [0.4, 0.5) is 5.69 Å². The summed E-state index contributed by atoms with van der Waals surface area (Å²) in [7, 11) is 0. The number of ether oxygens (including phenoxy) is 2. The second kappa shape index (κ2) is 9.04. The first-order valence-corrected chi connectivity index (χ1v) is 8.76. The van der Waals surface area contributed by atoms with Crippen LogP contribution in [0.2, 0.25) is 0 Å². The lowest BCUT2D eigenvalue weighted by atomic mass is 10.1. The Morgan fingerprint density at radius 3 is 2.46 bits per heavy atom. The molecule has 0 spiro atoms. The smallest absolute Gasteiger partial charge is 0.338 e. The minimum Gasteiger partial charge on any atom is -0.481 e. The van der Waals surface area contributed by atoms with E-state index in [0.29, 0.717) is 30.0 Å². The maximum Gasteiger partial charge on any atom is 0.338 e. The molecule has 0 saturated carbocycles. The van der Waals surface area contributed by atoms with Crippen LogP contribution in [0.3, 0.4) is 0 Å². The first kappa shape index (κ1) is 19.5. The molecule has 0 aliphatic heterocycles. The highest BCUT2D eigenvalue weighted by Crippen LogP contribution is 2.19. The Morgan fingerprint density at radius 2 is 1.81 bits per heavy atom. The summed E-state index contributed by atoms with van der Waals surface area (Å²) in [5.74, 6) is -0.0101. The Labute approximate surface area is 154 Å². The lowest BCUT2D eigenvalue weighted by Crippen LogP contribution is -2.32. The van der Waals surface area contributed by atoms with Gasteiger partial charge in [0.15, 0.2) is 6.10 Å². The summed E-state index contributed by atoms with van der Waals surface area (Å²) >= 11 is 0. The molecule has 0 aliphatic carbocycles. The topological polar surface area (TPSA) is 64.6 Å². The third-order valence-corrected chi connectivity index (χ3v) is 4.06. The Bertz CT molecular complexity index is 785. The number of nitrogens with one attached hydrogen (secondary N) is 1. The number of hydrogen-bond acceptors (Lipinski definition) is 4. The van der Waals surface area contributed by atoms with Crippen LogP contribution in [0.1, 0.15) is 41.8 Å². The van der Waals surface area contributed by atoms with Crippen molar-refractivity contribution in [3.05, 3.63) is 59.2 Å². The van der Waals surface area contributed by atoms with Gasteiger partial charge in [0.05, 0.1) is 12.2 Å². The molecule has 1 N–H and O–H groups in total. The molecule has 26 heavy (non-hydrogen) atoms. The lowest BCUT2D eigenvalue weighted by molar-refractivity contribution is -0.122. The summed E-state index contributed by atoms with van der Waals surface area (Å²) in [6.07, 6.45) is -0.0978. The number of rotatable bonds is 7. The lowest BCUT2D eigenvalue weighted by Gasteiger charge is -2.18. The van der Waals surface area contributed by atoms with E-state index in [9.17, 15) is 9.59 Å². The molecule has 2 aromatic carbocycles. The highest BCUT2D eigenvalue weighted by atomic mass is 16.5. The van der Waals surface area contributed by atoms with E-state index < -0.39 is 12.1 Å². The number of carbonyl (C=O) groups is 2. The normalized spacial score (nSPS) is 11.5. The molecule has 2 rings (SSSR count). The number of anilines is 1. The maximum atomic E-state index is 12.6. The van der Waals surface area contributed by atoms with E-state index >= 15 is 0 Å². The van der Waals surface area contributed by atoms with Crippen molar-refractivity contribution in [2.45, 2.75) is 40.2 Å². The van der Waals surface area contributed by atoms with Crippen LogP contribution in [0.5, 0.6) is 5.75 Å². The van der Waals surface area contributed by atoms with Gasteiger partial charge >= 0.3 is 5.97 Å². The van der Waals surface area contributed by atoms with Gasteiger partial charge in [-0.25, -0.2) is 4.79 Å². The van der Waals surface area contributed by atoms with E-state index in [1.165, 1.54) is 5.56 Å². The molecule has 0 aromatic heterocycles. The molecule has 5 nitrogen and oxygen atoms in total. The summed E-state index contributed by atoms with van der Waals surface area (Å²) in [6.45, 7) is 7.97. The fourth-order valence-electron chi connectivity index (χ4n) is 2.43. The van der Waals surface area contributed by atoms with Gasteiger partial charge in [-0.05, 0) is 68.7 Å². The molecule has 0 radical (unpaired) electrons. The summed E-state index contributed by atoms with van der Waals surface area (Å²) in [5.41, 5.74) is 3.21. The van der Waals surface area contributed by atoms with Crippen LogP contribution >= 0.6 is 0 Å². The zero-order chi connectivity index (χ0) is 19.1. The van der Waals surface area contributed by atoms with Gasteiger partial charge < -0.3 is 14.8 Å². The summed E-state index contributed by atoms with van der Waals surface area (Å²) in [5, 5.41) is 2.80. The molecule has 0 aliphatic rings. The predicted octanol–water partition coefficient (Wildman–Crippen LogP) is 4.28. The van der Waals surface area contributed by atoms with E-state index in [0.717, 1.165) is 5.56 Å². The van der Waals surface area contributed by atoms with Crippen LogP contribution in [-0.4, -0.2) is 24.6 Å². The highest BCUT2D eigenvalue weighted by Gasteiger charge is 2.19. The summed E-state index contributed by atoms with van der Waals surface area (Å²) < 4.78 is 10.8. The third-order valence-electron chi connectivity index (χ3n) is 4.06. The van der Waals surface area contributed by atoms with Crippen LogP contribution in [0.15, 0.2) is 42.5 Å². The number of amides is 1. The average Bonchev–Trinajstić information content (AvgIpc) is 2.63. The zero-order valence-electron chi connectivity index (χ0n) is 15.7. The van der Waals surface area contributed by atoms with E-state index in [2.05, 4.69) is 5.32 Å². The Balaban J connectivity index is 2.08. The first-order chi connectivity index (χ1) is 12.4. The quantitative estimate of drug-likeness (QED) is 0.753. The second-order valence-electron chi connectivity index (χ2n) is 6.05. The minimum atomic E-state index is -0.622. The molecular formula is C21H25NO4. The van der Waals surface area contributed by atoms with Gasteiger partial charge in [0.25, 0.3) is 5.91 Å². The largest absolute Gasteiger partial charge is 0.481 e. The van der Waals surface area contributed by atoms with Crippen molar-refractivity contribution < 1.29 is 19.1 Å².